The third-order valence-corrected chi connectivity index (χ3v) is 4.94. The summed E-state index contributed by atoms with van der Waals surface area (Å²) in [6.07, 6.45) is 0. The van der Waals surface area contributed by atoms with Gasteiger partial charge in [0.05, 0.1) is 0 Å². The Morgan fingerprint density at radius 2 is 1.67 bits per heavy atom. The number of benzene rings is 3. The number of aryl methyl sites for hydroxylation is 1. The number of hydrogen-bond acceptors (Lipinski definition) is 3. The number of hydrogen-bond donors (Lipinski definition) is 1. The minimum atomic E-state index is 0.426. The van der Waals surface area contributed by atoms with Gasteiger partial charge in [-0.2, -0.15) is 10.2 Å². The molecule has 4 aromatic rings. The zero-order valence-electron chi connectivity index (χ0n) is 15.4. The summed E-state index contributed by atoms with van der Waals surface area (Å²) in [6.45, 7) is 2.98. The highest BCUT2D eigenvalue weighted by Gasteiger charge is 2.13. The fraction of sp³-hybridized carbons (Fsp3) is 0.136. The molecule has 134 valence electrons. The predicted molar refractivity (Wildman–Crippen MR) is 111 cm³/mol. The summed E-state index contributed by atoms with van der Waals surface area (Å²) in [5.74, 6) is 5.93. The lowest BCUT2D eigenvalue weighted by Crippen LogP contribution is -2.02. The van der Waals surface area contributed by atoms with Crippen molar-refractivity contribution in [3.05, 3.63) is 83.4 Å². The molecule has 0 aliphatic carbocycles. The zero-order valence-corrected chi connectivity index (χ0v) is 15.4. The van der Waals surface area contributed by atoms with Crippen LogP contribution in [0.3, 0.4) is 0 Å². The Morgan fingerprint density at radius 3 is 2.44 bits per heavy atom. The van der Waals surface area contributed by atoms with Crippen molar-refractivity contribution in [2.24, 2.45) is 21.2 Å². The van der Waals surface area contributed by atoms with E-state index in [4.69, 9.17) is 5.84 Å². The van der Waals surface area contributed by atoms with E-state index in [9.17, 15) is 0 Å². The number of nitrogens with zero attached hydrogens (tertiary/aromatic N) is 4. The van der Waals surface area contributed by atoms with E-state index in [0.717, 1.165) is 17.5 Å². The van der Waals surface area contributed by atoms with E-state index >= 15 is 0 Å². The topological polar surface area (TPSA) is 68.0 Å². The highest BCUT2D eigenvalue weighted by atomic mass is 15.2. The molecule has 1 heterocycles. The molecule has 27 heavy (non-hydrogen) atoms. The summed E-state index contributed by atoms with van der Waals surface area (Å²) < 4.78 is 2.36. The van der Waals surface area contributed by atoms with Crippen molar-refractivity contribution in [3.8, 4) is 0 Å². The molecular weight excluding hydrogens is 334 g/mol. The fourth-order valence-corrected chi connectivity index (χ4v) is 3.57. The lowest BCUT2D eigenvalue weighted by molar-refractivity contribution is 0.861. The van der Waals surface area contributed by atoms with E-state index < -0.39 is 0 Å². The van der Waals surface area contributed by atoms with Gasteiger partial charge in [0.25, 0.3) is 0 Å². The zero-order chi connectivity index (χ0) is 18.8. The summed E-state index contributed by atoms with van der Waals surface area (Å²) in [5.41, 5.74) is 5.84. The van der Waals surface area contributed by atoms with Crippen LogP contribution in [0.15, 0.2) is 82.1 Å². The molecule has 0 atom stereocenters. The number of nitrogens with two attached hydrogens (primary N) is 1. The lowest BCUT2D eigenvalue weighted by atomic mass is 10.1. The summed E-state index contributed by atoms with van der Waals surface area (Å²) in [6, 6.07) is 23.2. The molecule has 0 unspecified atom stereocenters. The monoisotopic (exact) mass is 355 g/mol. The first-order valence-electron chi connectivity index (χ1n) is 8.86. The number of amidine groups is 1. The third kappa shape index (κ3) is 2.97. The smallest absolute Gasteiger partial charge is 0.200 e. The first kappa shape index (κ1) is 17.0. The van der Waals surface area contributed by atoms with E-state index in [-0.39, 0.29) is 0 Å². The molecule has 4 rings (SSSR count). The van der Waals surface area contributed by atoms with E-state index in [1.165, 1.54) is 27.5 Å². The minimum absolute atomic E-state index is 0.426. The van der Waals surface area contributed by atoms with Gasteiger partial charge < -0.3 is 10.4 Å². The van der Waals surface area contributed by atoms with Crippen LogP contribution in [0.2, 0.25) is 0 Å². The molecule has 0 saturated heterocycles. The molecule has 3 aromatic carbocycles. The number of fused-ring (bicyclic) bond motifs is 3. The average molecular weight is 355 g/mol. The Bertz CT molecular complexity index is 1180. The largest absolute Gasteiger partial charge is 0.336 e. The number of para-hydroxylation sites is 1. The Hall–Kier alpha value is -3.47. The Morgan fingerprint density at radius 1 is 0.926 bits per heavy atom. The van der Waals surface area contributed by atoms with Crippen LogP contribution in [0.25, 0.3) is 21.8 Å². The normalized spacial score (nSPS) is 12.4. The molecule has 0 amide bonds. The molecule has 0 radical (unpaired) electrons. The average Bonchev–Trinajstić information content (AvgIpc) is 3.01. The third-order valence-electron chi connectivity index (χ3n) is 4.94. The standard InChI is InChI=1S/C22H21N5/c1-15-7-3-4-8-17(15)14-27-20-10-6-5-9-18(20)19-13-16(11-12-21(19)27)22(25-23)26-24-2/h3-13H,14,23H2,1-2H3. The van der Waals surface area contributed by atoms with E-state index in [2.05, 4.69) is 87.5 Å². The van der Waals surface area contributed by atoms with Gasteiger partial charge in [0.15, 0.2) is 5.84 Å². The SMILES string of the molecule is CN=NC(=NN)c1ccc2c(c1)c1ccccc1n2Cc1ccccc1C. The molecule has 0 fully saturated rings. The Labute approximate surface area is 157 Å². The van der Waals surface area contributed by atoms with Gasteiger partial charge in [-0.05, 0) is 42.3 Å². The Kier molecular flexibility index (Phi) is 4.42. The van der Waals surface area contributed by atoms with Crippen molar-refractivity contribution in [2.45, 2.75) is 13.5 Å². The molecular formula is C22H21N5. The second-order valence-electron chi connectivity index (χ2n) is 6.51. The van der Waals surface area contributed by atoms with E-state index in [1.807, 2.05) is 6.07 Å². The van der Waals surface area contributed by atoms with Crippen LogP contribution in [0.5, 0.6) is 0 Å². The number of hydrazone groups is 1. The second-order valence-corrected chi connectivity index (χ2v) is 6.51. The predicted octanol–water partition coefficient (Wildman–Crippen LogP) is 4.85. The van der Waals surface area contributed by atoms with Gasteiger partial charge in [-0.3, -0.25) is 0 Å². The lowest BCUT2D eigenvalue weighted by Gasteiger charge is -2.10. The van der Waals surface area contributed by atoms with Crippen molar-refractivity contribution in [1.29, 1.82) is 0 Å². The first-order chi connectivity index (χ1) is 13.2. The van der Waals surface area contributed by atoms with Crippen molar-refractivity contribution >= 4 is 27.6 Å². The van der Waals surface area contributed by atoms with Crippen molar-refractivity contribution < 1.29 is 0 Å². The molecule has 1 aromatic heterocycles. The fourth-order valence-electron chi connectivity index (χ4n) is 3.57. The second kappa shape index (κ2) is 7.03. The molecule has 2 N–H and O–H groups in total. The van der Waals surface area contributed by atoms with Crippen LogP contribution in [-0.4, -0.2) is 17.5 Å². The molecule has 0 spiro atoms. The van der Waals surface area contributed by atoms with Gasteiger partial charge >= 0.3 is 0 Å². The maximum Gasteiger partial charge on any atom is 0.200 e. The van der Waals surface area contributed by atoms with Crippen molar-refractivity contribution in [3.63, 3.8) is 0 Å². The van der Waals surface area contributed by atoms with Crippen molar-refractivity contribution in [2.75, 3.05) is 7.05 Å². The quantitative estimate of drug-likeness (QED) is 0.184. The Balaban J connectivity index is 1.95. The number of aromatic nitrogens is 1. The van der Waals surface area contributed by atoms with Crippen LogP contribution in [0.4, 0.5) is 0 Å². The molecule has 5 heteroatoms. The summed E-state index contributed by atoms with van der Waals surface area (Å²) in [5, 5.41) is 14.0. The van der Waals surface area contributed by atoms with Gasteiger partial charge in [0.1, 0.15) is 0 Å². The molecule has 0 aliphatic heterocycles. The molecule has 0 bridgehead atoms. The molecule has 0 saturated carbocycles. The van der Waals surface area contributed by atoms with E-state index in [1.54, 1.807) is 7.05 Å². The van der Waals surface area contributed by atoms with Crippen LogP contribution < -0.4 is 5.84 Å². The number of rotatable bonds is 3. The van der Waals surface area contributed by atoms with Crippen LogP contribution >= 0.6 is 0 Å². The van der Waals surface area contributed by atoms with Gasteiger partial charge in [0, 0.05) is 41.0 Å². The maximum atomic E-state index is 5.50. The van der Waals surface area contributed by atoms with Crippen LogP contribution in [-0.2, 0) is 6.54 Å². The minimum Gasteiger partial charge on any atom is -0.336 e. The summed E-state index contributed by atoms with van der Waals surface area (Å²) >= 11 is 0. The first-order valence-corrected chi connectivity index (χ1v) is 8.86. The van der Waals surface area contributed by atoms with Gasteiger partial charge in [0.2, 0.25) is 0 Å². The van der Waals surface area contributed by atoms with Crippen LogP contribution in [0.1, 0.15) is 16.7 Å². The van der Waals surface area contributed by atoms with Gasteiger partial charge in [-0.15, -0.1) is 5.11 Å². The maximum absolute atomic E-state index is 5.50. The number of azo groups is 1. The molecule has 0 aliphatic rings. The van der Waals surface area contributed by atoms with Gasteiger partial charge in [-0.1, -0.05) is 42.5 Å². The summed E-state index contributed by atoms with van der Waals surface area (Å²) in [4.78, 5) is 0. The highest BCUT2D eigenvalue weighted by molar-refractivity contribution is 6.11. The van der Waals surface area contributed by atoms with Gasteiger partial charge in [-0.25, -0.2) is 0 Å². The summed E-state index contributed by atoms with van der Waals surface area (Å²) in [7, 11) is 1.61. The van der Waals surface area contributed by atoms with E-state index in [0.29, 0.717) is 5.84 Å². The van der Waals surface area contributed by atoms with Crippen LogP contribution in [0, 0.1) is 6.92 Å². The highest BCUT2D eigenvalue weighted by Crippen LogP contribution is 2.31. The molecule has 5 nitrogen and oxygen atoms in total. The van der Waals surface area contributed by atoms with Crippen molar-refractivity contribution in [1.82, 2.24) is 4.57 Å².